The molecule has 0 aliphatic heterocycles. The van der Waals surface area contributed by atoms with Gasteiger partial charge < -0.3 is 9.47 Å². The van der Waals surface area contributed by atoms with E-state index in [9.17, 15) is 16.8 Å². The van der Waals surface area contributed by atoms with Crippen LogP contribution in [0.3, 0.4) is 0 Å². The quantitative estimate of drug-likeness (QED) is 0.614. The molecule has 29 heavy (non-hydrogen) atoms. The van der Waals surface area contributed by atoms with Gasteiger partial charge >= 0.3 is 0 Å². The molecule has 2 aromatic carbocycles. The Hall–Kier alpha value is -2.14. The Morgan fingerprint density at radius 1 is 0.828 bits per heavy atom. The molecule has 8 nitrogen and oxygen atoms in total. The third kappa shape index (κ3) is 5.69. The van der Waals surface area contributed by atoms with E-state index in [1.165, 1.54) is 38.5 Å². The maximum Gasteiger partial charge on any atom is 0.240 e. The van der Waals surface area contributed by atoms with Gasteiger partial charge in [0.1, 0.15) is 11.5 Å². The van der Waals surface area contributed by atoms with Gasteiger partial charge in [-0.3, -0.25) is 0 Å². The monoisotopic (exact) mass is 442 g/mol. The van der Waals surface area contributed by atoms with Crippen LogP contribution in [0, 0.1) is 13.8 Å². The summed E-state index contributed by atoms with van der Waals surface area (Å²) in [6, 6.07) is 8.34. The molecule has 10 heteroatoms. The van der Waals surface area contributed by atoms with Crippen molar-refractivity contribution < 1.29 is 26.3 Å². The minimum Gasteiger partial charge on any atom is -0.496 e. The van der Waals surface area contributed by atoms with Crippen molar-refractivity contribution in [2.75, 3.05) is 20.8 Å². The maximum absolute atomic E-state index is 12.6. The van der Waals surface area contributed by atoms with Crippen LogP contribution in [0.25, 0.3) is 0 Å². The van der Waals surface area contributed by atoms with E-state index in [2.05, 4.69) is 9.44 Å². The topological polar surface area (TPSA) is 111 Å². The van der Waals surface area contributed by atoms with E-state index in [4.69, 9.17) is 9.47 Å². The molecule has 0 bridgehead atoms. The summed E-state index contributed by atoms with van der Waals surface area (Å²) in [6.45, 7) is 4.95. The standard InChI is InChI=1S/C19H26N2O6S2/c1-13-10-16(6-8-18(13)26-4)28(22,23)20-12-15(3)21-29(24,25)17-7-9-19(27-5)14(2)11-17/h6-11,15,20-21H,12H2,1-5H3/t15-/m1/s1. The van der Waals surface area contributed by atoms with E-state index in [1.54, 1.807) is 32.9 Å². The highest BCUT2D eigenvalue weighted by Crippen LogP contribution is 2.22. The van der Waals surface area contributed by atoms with Crippen LogP contribution in [-0.4, -0.2) is 43.6 Å². The Morgan fingerprint density at radius 3 is 1.69 bits per heavy atom. The normalized spacial score (nSPS) is 13.1. The van der Waals surface area contributed by atoms with Gasteiger partial charge in [-0.15, -0.1) is 0 Å². The molecule has 0 fully saturated rings. The number of rotatable bonds is 9. The first-order valence-electron chi connectivity index (χ1n) is 8.81. The van der Waals surface area contributed by atoms with E-state index in [1.807, 2.05) is 0 Å². The second-order valence-corrected chi connectivity index (χ2v) is 10.1. The molecular weight excluding hydrogens is 416 g/mol. The number of methoxy groups -OCH3 is 2. The summed E-state index contributed by atoms with van der Waals surface area (Å²) in [7, 11) is -4.59. The van der Waals surface area contributed by atoms with Crippen molar-refractivity contribution >= 4 is 20.0 Å². The van der Waals surface area contributed by atoms with Crippen LogP contribution in [-0.2, 0) is 20.0 Å². The molecule has 0 saturated heterocycles. The lowest BCUT2D eigenvalue weighted by atomic mass is 10.2. The molecule has 2 rings (SSSR count). The van der Waals surface area contributed by atoms with Gasteiger partial charge in [0.2, 0.25) is 20.0 Å². The van der Waals surface area contributed by atoms with Gasteiger partial charge in [-0.05, 0) is 68.3 Å². The summed E-state index contributed by atoms with van der Waals surface area (Å²) in [5.41, 5.74) is 1.36. The van der Waals surface area contributed by atoms with E-state index in [0.29, 0.717) is 22.6 Å². The summed E-state index contributed by atoms with van der Waals surface area (Å²) < 4.78 is 65.3. The fourth-order valence-electron chi connectivity index (χ4n) is 2.73. The lowest BCUT2D eigenvalue weighted by Gasteiger charge is -2.16. The second kappa shape index (κ2) is 9.12. The first-order chi connectivity index (χ1) is 13.5. The number of hydrogen-bond acceptors (Lipinski definition) is 6. The molecule has 2 aromatic rings. The molecular formula is C19H26N2O6S2. The first-order valence-corrected chi connectivity index (χ1v) is 11.8. The SMILES string of the molecule is COc1ccc(S(=O)(=O)NC[C@@H](C)NS(=O)(=O)c2ccc(OC)c(C)c2)cc1C. The van der Waals surface area contributed by atoms with Gasteiger partial charge in [0.15, 0.2) is 0 Å². The van der Waals surface area contributed by atoms with Crippen LogP contribution in [0.2, 0.25) is 0 Å². The molecule has 0 unspecified atom stereocenters. The smallest absolute Gasteiger partial charge is 0.240 e. The van der Waals surface area contributed by atoms with Gasteiger partial charge in [-0.25, -0.2) is 26.3 Å². The molecule has 0 radical (unpaired) electrons. The first kappa shape index (κ1) is 23.1. The molecule has 0 amide bonds. The number of benzene rings is 2. The van der Waals surface area contributed by atoms with Crippen LogP contribution >= 0.6 is 0 Å². The Bertz CT molecular complexity index is 1080. The number of hydrogen-bond donors (Lipinski definition) is 2. The zero-order chi connectivity index (χ0) is 21.8. The fraction of sp³-hybridized carbons (Fsp3) is 0.368. The number of aryl methyl sites for hydroxylation is 2. The highest BCUT2D eigenvalue weighted by Gasteiger charge is 2.21. The minimum absolute atomic E-state index is 0.0799. The zero-order valence-electron chi connectivity index (χ0n) is 17.0. The van der Waals surface area contributed by atoms with Crippen LogP contribution in [0.15, 0.2) is 46.2 Å². The molecule has 2 N–H and O–H groups in total. The molecule has 0 heterocycles. The molecule has 1 atom stereocenters. The van der Waals surface area contributed by atoms with Crippen molar-refractivity contribution in [2.24, 2.45) is 0 Å². The number of sulfonamides is 2. The molecule has 160 valence electrons. The number of nitrogens with one attached hydrogen (secondary N) is 2. The Morgan fingerprint density at radius 2 is 1.28 bits per heavy atom. The third-order valence-electron chi connectivity index (χ3n) is 4.29. The largest absolute Gasteiger partial charge is 0.496 e. The highest BCUT2D eigenvalue weighted by molar-refractivity contribution is 7.90. The van der Waals surface area contributed by atoms with Crippen LogP contribution in [0.4, 0.5) is 0 Å². The summed E-state index contributed by atoms with van der Waals surface area (Å²) in [5, 5.41) is 0. The lowest BCUT2D eigenvalue weighted by molar-refractivity contribution is 0.411. The third-order valence-corrected chi connectivity index (χ3v) is 7.30. The molecule has 0 aliphatic rings. The number of ether oxygens (including phenoxy) is 2. The minimum atomic E-state index is -3.81. The van der Waals surface area contributed by atoms with Gasteiger partial charge in [0, 0.05) is 12.6 Å². The van der Waals surface area contributed by atoms with E-state index >= 15 is 0 Å². The van der Waals surface area contributed by atoms with E-state index < -0.39 is 26.1 Å². The fourth-order valence-corrected chi connectivity index (χ4v) is 5.27. The van der Waals surface area contributed by atoms with E-state index in [0.717, 1.165) is 0 Å². The van der Waals surface area contributed by atoms with Crippen LogP contribution < -0.4 is 18.9 Å². The Labute approximate surface area is 172 Å². The summed E-state index contributed by atoms with van der Waals surface area (Å²) in [5.74, 6) is 1.17. The maximum atomic E-state index is 12.6. The van der Waals surface area contributed by atoms with Crippen molar-refractivity contribution in [3.8, 4) is 11.5 Å². The predicted octanol–water partition coefficient (Wildman–Crippen LogP) is 1.97. The van der Waals surface area contributed by atoms with Gasteiger partial charge in [0.05, 0.1) is 24.0 Å². The average Bonchev–Trinajstić information content (AvgIpc) is 2.66. The molecule has 0 aromatic heterocycles. The Balaban J connectivity index is 2.07. The average molecular weight is 443 g/mol. The Kier molecular flexibility index (Phi) is 7.28. The van der Waals surface area contributed by atoms with Gasteiger partial charge in [0.25, 0.3) is 0 Å². The summed E-state index contributed by atoms with van der Waals surface area (Å²) in [4.78, 5) is 0.160. The zero-order valence-corrected chi connectivity index (χ0v) is 18.6. The summed E-state index contributed by atoms with van der Waals surface area (Å²) in [6.07, 6.45) is 0. The van der Waals surface area contributed by atoms with Crippen molar-refractivity contribution in [3.05, 3.63) is 47.5 Å². The lowest BCUT2D eigenvalue weighted by Crippen LogP contribution is -2.41. The van der Waals surface area contributed by atoms with Gasteiger partial charge in [-0.2, -0.15) is 0 Å². The van der Waals surface area contributed by atoms with Crippen molar-refractivity contribution in [1.82, 2.24) is 9.44 Å². The predicted molar refractivity (Wildman–Crippen MR) is 110 cm³/mol. The second-order valence-electron chi connectivity index (χ2n) is 6.64. The van der Waals surface area contributed by atoms with Crippen LogP contribution in [0.1, 0.15) is 18.1 Å². The highest BCUT2D eigenvalue weighted by atomic mass is 32.2. The van der Waals surface area contributed by atoms with Crippen LogP contribution in [0.5, 0.6) is 11.5 Å². The van der Waals surface area contributed by atoms with E-state index in [-0.39, 0.29) is 16.3 Å². The van der Waals surface area contributed by atoms with Crippen molar-refractivity contribution in [2.45, 2.75) is 36.6 Å². The summed E-state index contributed by atoms with van der Waals surface area (Å²) >= 11 is 0. The molecule has 0 aliphatic carbocycles. The van der Waals surface area contributed by atoms with Gasteiger partial charge in [-0.1, -0.05) is 0 Å². The van der Waals surface area contributed by atoms with Crippen molar-refractivity contribution in [1.29, 1.82) is 0 Å². The molecule has 0 spiro atoms. The molecule has 0 saturated carbocycles. The van der Waals surface area contributed by atoms with Crippen molar-refractivity contribution in [3.63, 3.8) is 0 Å².